The molecular weight excluding hydrogens is 1320 g/mol. The summed E-state index contributed by atoms with van der Waals surface area (Å²) in [7, 11) is 5.58. The Balaban J connectivity index is 0.00000122. The molecule has 10 amide bonds. The Kier molecular flexibility index (Phi) is 27.4. The van der Waals surface area contributed by atoms with Gasteiger partial charge in [0.25, 0.3) is 11.8 Å². The van der Waals surface area contributed by atoms with E-state index in [1.165, 1.54) is 73.8 Å². The number of aryl methyl sites for hydroxylation is 1. The number of amides is 10. The van der Waals surface area contributed by atoms with Crippen molar-refractivity contribution in [3.63, 3.8) is 0 Å². The molecule has 0 aromatic heterocycles. The summed E-state index contributed by atoms with van der Waals surface area (Å²) in [5.74, 6) is -12.4. The van der Waals surface area contributed by atoms with E-state index in [9.17, 15) is 52.7 Å². The second-order valence-corrected chi connectivity index (χ2v) is 27.6. The predicted octanol–water partition coefficient (Wildman–Crippen LogP) is -3.17. The van der Waals surface area contributed by atoms with E-state index in [0.717, 1.165) is 15.9 Å². The van der Waals surface area contributed by atoms with Crippen LogP contribution in [0, 0.1) is 30.6 Å². The standard InChI is InChI=1S/C61H84N12O16.C6H14O6/c1-27(2)43-58(83)72-22-16-18-35(72)56(81)68(12)25-39(75)70(14)49(29(5)6)60(85)87-32(10)45(54(79)64-43)66-52(77)34-21-20-31(9)51-47(34)63-48-38(89-51)24-37(74)42(62)41(48)53(78)67-46-33(11)88-61(86)50(30(7)8)71(15)40(76)26-69(13)57(82)36-19-17-23-73(36)59(84)44(28(3)4)65-55(46)80;7-1-3(9)5(11)6(12)4(10)2-8/h20-21,24,27-30,32-33,35-36,43-46,49-50H,16-19,22-23,25-26,62H2,1-15H3,(H,64,79)(H,65,80)(H,66,77)(H,67,78);3-12H,1-2H2/t32-,33-,35+,36+,43-,44-,45+,46+,49+,50+;3-,4-,5-,6-/m11/s1. The van der Waals surface area contributed by atoms with Crippen molar-refractivity contribution in [1.29, 1.82) is 0 Å². The Bertz CT molecular complexity index is 3630. The minimum Gasteiger partial charge on any atom is -0.458 e. The Morgan fingerprint density at radius 2 is 1.02 bits per heavy atom. The van der Waals surface area contributed by atoms with Gasteiger partial charge in [-0.05, 0) is 81.8 Å². The number of ether oxygens (including phenoxy) is 2. The van der Waals surface area contributed by atoms with Gasteiger partial charge in [-0.15, -0.1) is 0 Å². The van der Waals surface area contributed by atoms with Crippen molar-refractivity contribution in [2.24, 2.45) is 23.7 Å². The zero-order chi connectivity index (χ0) is 75.8. The van der Waals surface area contributed by atoms with Crippen LogP contribution in [0.5, 0.6) is 0 Å². The first kappa shape index (κ1) is 81.0. The Hall–Kier alpha value is -8.96. The third-order valence-corrected chi connectivity index (χ3v) is 18.7. The molecule has 1 aliphatic carbocycles. The molecule has 4 saturated heterocycles. The summed E-state index contributed by atoms with van der Waals surface area (Å²) in [4.78, 5) is 198. The number of rotatable bonds is 13. The fraction of sp³-hybridized carbons (Fsp3) is 0.642. The van der Waals surface area contributed by atoms with Gasteiger partial charge in [0, 0.05) is 47.3 Å². The van der Waals surface area contributed by atoms with Gasteiger partial charge in [-0.25, -0.2) is 14.6 Å². The number of carbonyl (C=O) groups is 12. The number of carbonyl (C=O) groups excluding carboxylic acids is 12. The number of nitrogens with two attached hydrogens (primary N) is 1. The number of hydrogen-bond acceptors (Lipinski definition) is 24. The number of benzene rings is 2. The molecule has 34 nitrogen and oxygen atoms in total. The second-order valence-electron chi connectivity index (χ2n) is 27.6. The molecule has 0 saturated carbocycles. The maximum absolute atomic E-state index is 15.1. The monoisotopic (exact) mass is 1420 g/mol. The van der Waals surface area contributed by atoms with Crippen molar-refractivity contribution >= 4 is 87.8 Å². The van der Waals surface area contributed by atoms with Gasteiger partial charge >= 0.3 is 11.9 Å². The molecule has 5 aliphatic heterocycles. The van der Waals surface area contributed by atoms with Crippen molar-refractivity contribution in [3.8, 4) is 11.5 Å². The lowest BCUT2D eigenvalue weighted by Gasteiger charge is -2.36. The maximum atomic E-state index is 15.1. The molecule has 0 spiro atoms. The predicted molar refractivity (Wildman–Crippen MR) is 359 cm³/mol. The lowest BCUT2D eigenvalue weighted by atomic mass is 9.99. The molecule has 34 heteroatoms. The highest BCUT2D eigenvalue weighted by molar-refractivity contribution is 6.10. The first-order valence-electron chi connectivity index (χ1n) is 33.6. The van der Waals surface area contributed by atoms with Crippen LogP contribution >= 0.6 is 0 Å². The lowest BCUT2D eigenvalue weighted by Crippen LogP contribution is -2.61. The number of fused-ring (bicyclic) bond motifs is 4. The highest BCUT2D eigenvalue weighted by Crippen LogP contribution is 2.34. The molecule has 1 aromatic carbocycles. The number of nitrogen functional groups attached to an aromatic ring is 1. The Morgan fingerprint density at radius 3 is 1.41 bits per heavy atom. The highest BCUT2D eigenvalue weighted by atomic mass is 16.6. The van der Waals surface area contributed by atoms with E-state index in [-0.39, 0.29) is 48.4 Å². The van der Waals surface area contributed by atoms with E-state index in [2.05, 4.69) is 21.3 Å². The average molecular weight is 1420 g/mol. The van der Waals surface area contributed by atoms with Crippen LogP contribution in [0.25, 0.3) is 22.6 Å². The third kappa shape index (κ3) is 18.0. The van der Waals surface area contributed by atoms with Gasteiger partial charge in [0.1, 0.15) is 96.2 Å². The molecule has 6 aliphatic rings. The molecule has 14 atom stereocenters. The Morgan fingerprint density at radius 1 is 0.614 bits per heavy atom. The van der Waals surface area contributed by atoms with Crippen molar-refractivity contribution in [2.45, 2.75) is 187 Å². The van der Waals surface area contributed by atoms with Gasteiger partial charge in [0.2, 0.25) is 52.7 Å². The summed E-state index contributed by atoms with van der Waals surface area (Å²) >= 11 is 0. The Labute approximate surface area is 583 Å². The highest BCUT2D eigenvalue weighted by Gasteiger charge is 2.47. The number of likely N-dealkylation sites (N-methyl/N-ethyl adjacent to an activating group) is 4. The fourth-order valence-electron chi connectivity index (χ4n) is 12.7. The number of cyclic esters (lactones) is 2. The topological polar surface area (TPSA) is 481 Å². The first-order chi connectivity index (χ1) is 47.2. The number of aliphatic hydroxyl groups is 6. The molecule has 12 N–H and O–H groups in total. The fourth-order valence-corrected chi connectivity index (χ4v) is 12.7. The molecule has 5 heterocycles. The van der Waals surface area contributed by atoms with E-state index in [1.54, 1.807) is 62.3 Å². The quantitative estimate of drug-likeness (QED) is 0.0457. The number of nitrogens with zero attached hydrogens (tertiary/aromatic N) is 7. The van der Waals surface area contributed by atoms with E-state index in [0.29, 0.717) is 18.4 Å². The van der Waals surface area contributed by atoms with Crippen LogP contribution in [0.3, 0.4) is 0 Å². The normalized spacial score (nSPS) is 25.8. The van der Waals surface area contributed by atoms with Gasteiger partial charge in [-0.3, -0.25) is 52.7 Å². The second kappa shape index (κ2) is 34.1. The van der Waals surface area contributed by atoms with E-state index >= 15 is 9.59 Å². The van der Waals surface area contributed by atoms with Crippen molar-refractivity contribution in [1.82, 2.24) is 55.7 Å². The van der Waals surface area contributed by atoms with Gasteiger partial charge in [0.15, 0.2) is 11.3 Å². The smallest absolute Gasteiger partial charge is 0.329 e. The molecule has 1 aromatic rings. The maximum Gasteiger partial charge on any atom is 0.329 e. The molecule has 0 radical (unpaired) electrons. The third-order valence-electron chi connectivity index (χ3n) is 18.7. The molecule has 0 bridgehead atoms. The summed E-state index contributed by atoms with van der Waals surface area (Å²) in [6.45, 7) is 15.5. The molecule has 7 rings (SSSR count). The molecule has 558 valence electrons. The number of hydrogen-bond donors (Lipinski definition) is 11. The average Bonchev–Trinajstić information content (AvgIpc) is 1.32. The van der Waals surface area contributed by atoms with Crippen molar-refractivity contribution in [2.75, 3.05) is 73.3 Å². The minimum absolute atomic E-state index is 0.0838. The number of aromatic nitrogens is 1. The van der Waals surface area contributed by atoms with Crippen molar-refractivity contribution < 1.29 is 102 Å². The number of nitrogens with one attached hydrogen (secondary N) is 4. The SMILES string of the molecule is Cc1ccc(C(=O)N[C@@H]2C(=O)N[C@H](C(C)C)C(=O)N3CCC[C@H]3C(=O)N(C)CC(=O)N(C)[C@@H](C(C)C)C(=O)O[C@@H]2C)c2nc3c(C(=O)N[C@@H]4C(=O)N[C@H](C(C)C)C(=O)N5CCC[C@H]5C(=O)N(C)CC(=O)N(C)[C@@H](C(C)C)C(=O)O[C@@H]4C)c(N)c(=O)cc-3oc12.OC[C@@H](O)[C@@H](O)[C@H](O)[C@H](O)CO. The van der Waals surface area contributed by atoms with Crippen LogP contribution in [0.15, 0.2) is 27.4 Å². The summed E-state index contributed by atoms with van der Waals surface area (Å²) in [5.41, 5.74) is 3.48. The molecule has 0 unspecified atom stereocenters. The van der Waals surface area contributed by atoms with Gasteiger partial charge < -0.3 is 101 Å². The molecule has 4 fully saturated rings. The summed E-state index contributed by atoms with van der Waals surface area (Å²) in [6, 6.07) is -6.94. The molecular formula is C67H98N12O22. The van der Waals surface area contributed by atoms with Crippen LogP contribution in [-0.4, -0.2) is 289 Å². The summed E-state index contributed by atoms with van der Waals surface area (Å²) in [5, 5.41) is 62.8. The summed E-state index contributed by atoms with van der Waals surface area (Å²) < 4.78 is 18.1. The van der Waals surface area contributed by atoms with Crippen LogP contribution in [-0.2, 0) is 57.4 Å². The largest absolute Gasteiger partial charge is 0.458 e. The van der Waals surface area contributed by atoms with Gasteiger partial charge in [-0.1, -0.05) is 61.5 Å². The van der Waals surface area contributed by atoms with Gasteiger partial charge in [0.05, 0.1) is 43.1 Å². The lowest BCUT2D eigenvalue weighted by molar-refractivity contribution is -0.163. The number of aliphatic hydroxyl groups excluding tert-OH is 6. The van der Waals surface area contributed by atoms with Gasteiger partial charge in [-0.2, -0.15) is 0 Å². The summed E-state index contributed by atoms with van der Waals surface area (Å²) in [6.07, 6.45) is -8.04. The van der Waals surface area contributed by atoms with Crippen LogP contribution in [0.1, 0.15) is 121 Å². The number of anilines is 1. The van der Waals surface area contributed by atoms with E-state index in [4.69, 9.17) is 55.2 Å². The first-order valence-corrected chi connectivity index (χ1v) is 33.6. The zero-order valence-corrected chi connectivity index (χ0v) is 59.6. The minimum atomic E-state index is -1.88. The van der Waals surface area contributed by atoms with Crippen LogP contribution in [0.2, 0.25) is 0 Å². The van der Waals surface area contributed by atoms with Crippen LogP contribution in [0.4, 0.5) is 5.69 Å². The van der Waals surface area contributed by atoms with E-state index < -0.39 is 228 Å². The van der Waals surface area contributed by atoms with Crippen molar-refractivity contribution in [3.05, 3.63) is 45.1 Å². The molecule has 101 heavy (non-hydrogen) atoms. The zero-order valence-electron chi connectivity index (χ0n) is 59.6. The van der Waals surface area contributed by atoms with E-state index in [1.807, 2.05) is 0 Å². The van der Waals surface area contributed by atoms with Crippen LogP contribution < -0.4 is 32.4 Å². The number of esters is 2.